The lowest BCUT2D eigenvalue weighted by Crippen LogP contribution is -2.22. The van der Waals surface area contributed by atoms with Crippen LogP contribution in [0.4, 0.5) is 0 Å². The average Bonchev–Trinajstić information content (AvgIpc) is 2.69. The molecule has 0 fully saturated rings. The zero-order valence-corrected chi connectivity index (χ0v) is 18.9. The van der Waals surface area contributed by atoms with E-state index >= 15 is 0 Å². The van der Waals surface area contributed by atoms with Crippen molar-refractivity contribution in [3.05, 3.63) is 102 Å². The van der Waals surface area contributed by atoms with Gasteiger partial charge in [-0.3, -0.25) is 9.36 Å². The van der Waals surface area contributed by atoms with Crippen LogP contribution in [0.5, 0.6) is 0 Å². The second kappa shape index (κ2) is 8.19. The fourth-order valence-electron chi connectivity index (χ4n) is 2.87. The molecule has 0 bridgehead atoms. The van der Waals surface area contributed by atoms with Crippen molar-refractivity contribution >= 4 is 73.2 Å². The molecule has 0 atom stereocenters. The molecule has 0 saturated heterocycles. The summed E-state index contributed by atoms with van der Waals surface area (Å²) in [5, 5.41) is 1.20. The summed E-state index contributed by atoms with van der Waals surface area (Å²) >= 11 is 11.7. The minimum absolute atomic E-state index is 0.110. The minimum atomic E-state index is -0.110. The number of hydrogen-bond donors (Lipinski definition) is 0. The highest BCUT2D eigenvalue weighted by Gasteiger charge is 2.11. The van der Waals surface area contributed by atoms with Crippen molar-refractivity contribution in [2.24, 2.45) is 0 Å². The van der Waals surface area contributed by atoms with E-state index in [-0.39, 0.29) is 5.56 Å². The van der Waals surface area contributed by atoms with Gasteiger partial charge in [-0.15, -0.1) is 0 Å². The molecule has 0 saturated carbocycles. The topological polar surface area (TPSA) is 34.9 Å². The van der Waals surface area contributed by atoms with Crippen molar-refractivity contribution in [3.8, 4) is 5.69 Å². The third-order valence-corrected chi connectivity index (χ3v) is 5.69. The molecular formula is C22H13BrClIN2O. The van der Waals surface area contributed by atoms with Crippen molar-refractivity contribution in [2.45, 2.75) is 0 Å². The molecule has 0 aliphatic rings. The van der Waals surface area contributed by atoms with Crippen molar-refractivity contribution in [1.29, 1.82) is 0 Å². The van der Waals surface area contributed by atoms with Gasteiger partial charge in [0.1, 0.15) is 5.82 Å². The maximum Gasteiger partial charge on any atom is 0.266 e. The Bertz CT molecular complexity index is 1250. The smallest absolute Gasteiger partial charge is 0.266 e. The lowest BCUT2D eigenvalue weighted by Gasteiger charge is -2.12. The maximum absolute atomic E-state index is 13.3. The molecule has 4 rings (SSSR count). The first-order valence-corrected chi connectivity index (χ1v) is 10.7. The number of fused-ring (bicyclic) bond motifs is 1. The lowest BCUT2D eigenvalue weighted by atomic mass is 10.2. The zero-order valence-electron chi connectivity index (χ0n) is 14.4. The Morgan fingerprint density at radius 1 is 0.964 bits per heavy atom. The van der Waals surface area contributed by atoms with E-state index in [9.17, 15) is 4.79 Å². The number of benzene rings is 3. The van der Waals surface area contributed by atoms with Crippen molar-refractivity contribution < 1.29 is 0 Å². The summed E-state index contributed by atoms with van der Waals surface area (Å²) in [5.41, 5.74) is 2.30. The Morgan fingerprint density at radius 2 is 1.68 bits per heavy atom. The molecule has 0 spiro atoms. The Morgan fingerprint density at radius 3 is 2.39 bits per heavy atom. The first-order valence-electron chi connectivity index (χ1n) is 8.43. The largest absolute Gasteiger partial charge is 0.268 e. The van der Waals surface area contributed by atoms with Gasteiger partial charge < -0.3 is 0 Å². The molecule has 0 amide bonds. The highest BCUT2D eigenvalue weighted by molar-refractivity contribution is 14.1. The van der Waals surface area contributed by atoms with Gasteiger partial charge in [0.05, 0.1) is 16.6 Å². The predicted octanol–water partition coefficient (Wildman–Crippen LogP) is 6.58. The molecule has 138 valence electrons. The Balaban J connectivity index is 1.93. The SMILES string of the molecule is O=c1c2cc(I)ccc2nc(/C=C/c2ccc(Br)cc2)n1-c1ccc(Cl)cc1. The monoisotopic (exact) mass is 562 g/mol. The van der Waals surface area contributed by atoms with E-state index in [2.05, 4.69) is 38.5 Å². The lowest BCUT2D eigenvalue weighted by molar-refractivity contribution is 0.944. The van der Waals surface area contributed by atoms with E-state index in [0.29, 0.717) is 21.7 Å². The third kappa shape index (κ3) is 4.06. The van der Waals surface area contributed by atoms with Gasteiger partial charge in [-0.1, -0.05) is 45.7 Å². The van der Waals surface area contributed by atoms with Crippen LogP contribution >= 0.6 is 50.1 Å². The van der Waals surface area contributed by atoms with Crippen LogP contribution in [-0.4, -0.2) is 9.55 Å². The molecule has 0 aliphatic carbocycles. The van der Waals surface area contributed by atoms with Crippen LogP contribution in [0, 0.1) is 3.57 Å². The minimum Gasteiger partial charge on any atom is -0.268 e. The molecule has 1 aromatic heterocycles. The van der Waals surface area contributed by atoms with Crippen molar-refractivity contribution in [3.63, 3.8) is 0 Å². The van der Waals surface area contributed by atoms with Gasteiger partial charge in [0.25, 0.3) is 5.56 Å². The second-order valence-electron chi connectivity index (χ2n) is 6.13. The molecule has 3 aromatic carbocycles. The summed E-state index contributed by atoms with van der Waals surface area (Å²) in [6.07, 6.45) is 3.80. The molecule has 0 radical (unpaired) electrons. The van der Waals surface area contributed by atoms with Gasteiger partial charge in [0.15, 0.2) is 0 Å². The van der Waals surface area contributed by atoms with E-state index in [1.807, 2.05) is 66.7 Å². The second-order valence-corrected chi connectivity index (χ2v) is 8.73. The van der Waals surface area contributed by atoms with Gasteiger partial charge in [-0.05, 0) is 88.8 Å². The van der Waals surface area contributed by atoms with E-state index in [1.165, 1.54) is 0 Å². The number of rotatable bonds is 3. The normalized spacial score (nSPS) is 11.4. The number of halogens is 3. The van der Waals surface area contributed by atoms with Crippen LogP contribution in [0.25, 0.3) is 28.7 Å². The quantitative estimate of drug-likeness (QED) is 0.264. The third-order valence-electron chi connectivity index (χ3n) is 4.24. The molecule has 0 unspecified atom stereocenters. The van der Waals surface area contributed by atoms with E-state index in [4.69, 9.17) is 16.6 Å². The van der Waals surface area contributed by atoms with Crippen LogP contribution in [0.2, 0.25) is 5.02 Å². The van der Waals surface area contributed by atoms with Crippen LogP contribution in [0.1, 0.15) is 11.4 Å². The zero-order chi connectivity index (χ0) is 19.7. The molecule has 6 heteroatoms. The van der Waals surface area contributed by atoms with Crippen molar-refractivity contribution in [2.75, 3.05) is 0 Å². The Kier molecular flexibility index (Phi) is 5.66. The van der Waals surface area contributed by atoms with Crippen LogP contribution in [-0.2, 0) is 0 Å². The summed E-state index contributed by atoms with van der Waals surface area (Å²) in [4.78, 5) is 18.0. The van der Waals surface area contributed by atoms with Crippen molar-refractivity contribution in [1.82, 2.24) is 9.55 Å². The summed E-state index contributed by atoms with van der Waals surface area (Å²) in [7, 11) is 0. The van der Waals surface area contributed by atoms with Gasteiger partial charge in [-0.2, -0.15) is 0 Å². The molecule has 0 aliphatic heterocycles. The van der Waals surface area contributed by atoms with E-state index < -0.39 is 0 Å². The van der Waals surface area contributed by atoms with Gasteiger partial charge >= 0.3 is 0 Å². The molecule has 4 aromatic rings. The van der Waals surface area contributed by atoms with Crippen LogP contribution in [0.15, 0.2) is 76.0 Å². The number of nitrogens with zero attached hydrogens (tertiary/aromatic N) is 2. The summed E-state index contributed by atoms with van der Waals surface area (Å²) < 4.78 is 3.62. The highest BCUT2D eigenvalue weighted by atomic mass is 127. The molecule has 0 N–H and O–H groups in total. The maximum atomic E-state index is 13.3. The average molecular weight is 564 g/mol. The first-order chi connectivity index (χ1) is 13.5. The van der Waals surface area contributed by atoms with E-state index in [1.54, 1.807) is 16.7 Å². The standard InChI is InChI=1S/C22H13BrClIN2O/c23-15-4-1-14(2-5-15)3-12-21-26-20-11-8-17(25)13-19(20)22(28)27(21)18-9-6-16(24)7-10-18/h1-13H/b12-3+. The molecule has 28 heavy (non-hydrogen) atoms. The molecule has 1 heterocycles. The molecule has 3 nitrogen and oxygen atoms in total. The number of aromatic nitrogens is 2. The Hall–Kier alpha value is -1.96. The first kappa shape index (κ1) is 19.4. The summed E-state index contributed by atoms with van der Waals surface area (Å²) in [5.74, 6) is 0.559. The van der Waals surface area contributed by atoms with Gasteiger partial charge in [0, 0.05) is 13.1 Å². The highest BCUT2D eigenvalue weighted by Crippen LogP contribution is 2.19. The van der Waals surface area contributed by atoms with Gasteiger partial charge in [-0.25, -0.2) is 4.98 Å². The predicted molar refractivity (Wildman–Crippen MR) is 128 cm³/mol. The van der Waals surface area contributed by atoms with Crippen LogP contribution < -0.4 is 5.56 Å². The van der Waals surface area contributed by atoms with Crippen LogP contribution in [0.3, 0.4) is 0 Å². The van der Waals surface area contributed by atoms with Gasteiger partial charge in [0.2, 0.25) is 0 Å². The van der Waals surface area contributed by atoms with E-state index in [0.717, 1.165) is 19.3 Å². The number of hydrogen-bond acceptors (Lipinski definition) is 2. The Labute approximate surface area is 189 Å². The fourth-order valence-corrected chi connectivity index (χ4v) is 3.75. The summed E-state index contributed by atoms with van der Waals surface area (Å²) in [6.45, 7) is 0. The fraction of sp³-hybridized carbons (Fsp3) is 0. The molecular weight excluding hydrogens is 551 g/mol. The summed E-state index contributed by atoms with van der Waals surface area (Å²) in [6, 6.07) is 20.8.